The number of amides is 3. The van der Waals surface area contributed by atoms with E-state index in [1.807, 2.05) is 6.92 Å². The summed E-state index contributed by atoms with van der Waals surface area (Å²) in [7, 11) is 0. The van der Waals surface area contributed by atoms with Crippen molar-refractivity contribution in [2.45, 2.75) is 45.1 Å². The minimum absolute atomic E-state index is 0.0241. The molecule has 1 aromatic carbocycles. The van der Waals surface area contributed by atoms with E-state index in [4.69, 9.17) is 11.6 Å². The van der Waals surface area contributed by atoms with Crippen molar-refractivity contribution >= 4 is 35.0 Å². The maximum Gasteiger partial charge on any atom is 0.253 e. The minimum atomic E-state index is -0.185. The number of hydrogen-bond donors (Lipinski definition) is 2. The van der Waals surface area contributed by atoms with Gasteiger partial charge in [0.05, 0.1) is 17.8 Å². The number of likely N-dealkylation sites (tertiary alicyclic amines) is 1. The first-order valence-corrected chi connectivity index (χ1v) is 10.8. The quantitative estimate of drug-likeness (QED) is 0.708. The predicted octanol–water partition coefficient (Wildman–Crippen LogP) is 2.19. The lowest BCUT2D eigenvalue weighted by molar-refractivity contribution is -0.122. The summed E-state index contributed by atoms with van der Waals surface area (Å²) in [5, 5.41) is 6.49. The topological polar surface area (TPSA) is 81.8 Å². The predicted molar refractivity (Wildman–Crippen MR) is 113 cm³/mol. The molecule has 7 nitrogen and oxygen atoms in total. The molecule has 0 aliphatic carbocycles. The van der Waals surface area contributed by atoms with Crippen molar-refractivity contribution in [3.05, 3.63) is 28.8 Å². The standard InChI is InChI=1S/C21H29ClN4O3/c1-2-9-23-19(27)14-25-11-7-16(8-12-25)24-21(29)17-6-5-15(22)13-18(17)26-10-3-4-20(26)28/h5-6,13,16H,2-4,7-12,14H2,1H3,(H,23,27)(H,24,29). The van der Waals surface area contributed by atoms with Gasteiger partial charge in [0.25, 0.3) is 5.91 Å². The number of hydrogen-bond acceptors (Lipinski definition) is 4. The van der Waals surface area contributed by atoms with Crippen LogP contribution in [0.2, 0.25) is 5.02 Å². The average Bonchev–Trinajstić information content (AvgIpc) is 3.13. The Bertz CT molecular complexity index is 762. The maximum atomic E-state index is 12.9. The van der Waals surface area contributed by atoms with Gasteiger partial charge < -0.3 is 15.5 Å². The SMILES string of the molecule is CCCNC(=O)CN1CCC(NC(=O)c2ccc(Cl)cc2N2CCCC2=O)CC1. The molecule has 2 aliphatic rings. The summed E-state index contributed by atoms with van der Waals surface area (Å²) in [6, 6.07) is 5.11. The summed E-state index contributed by atoms with van der Waals surface area (Å²) in [6.45, 7) is 5.27. The third-order valence-corrected chi connectivity index (χ3v) is 5.67. The number of nitrogens with one attached hydrogen (secondary N) is 2. The monoisotopic (exact) mass is 420 g/mol. The van der Waals surface area contributed by atoms with Gasteiger partial charge in [0.15, 0.2) is 0 Å². The van der Waals surface area contributed by atoms with Crippen molar-refractivity contribution in [2.75, 3.05) is 37.6 Å². The molecule has 0 aromatic heterocycles. The number of halogens is 1. The molecule has 3 rings (SSSR count). The Balaban J connectivity index is 1.56. The van der Waals surface area contributed by atoms with E-state index in [1.54, 1.807) is 23.1 Å². The van der Waals surface area contributed by atoms with Crippen molar-refractivity contribution in [1.82, 2.24) is 15.5 Å². The average molecular weight is 421 g/mol. The van der Waals surface area contributed by atoms with Crippen molar-refractivity contribution in [1.29, 1.82) is 0 Å². The summed E-state index contributed by atoms with van der Waals surface area (Å²) < 4.78 is 0. The molecule has 1 aromatic rings. The Hall–Kier alpha value is -2.12. The Morgan fingerprint density at radius 2 is 1.97 bits per heavy atom. The van der Waals surface area contributed by atoms with Crippen LogP contribution in [0, 0.1) is 0 Å². The van der Waals surface area contributed by atoms with E-state index >= 15 is 0 Å². The van der Waals surface area contributed by atoms with Gasteiger partial charge in [0.2, 0.25) is 11.8 Å². The number of carbonyl (C=O) groups excluding carboxylic acids is 3. The fourth-order valence-corrected chi connectivity index (χ4v) is 4.01. The molecule has 2 N–H and O–H groups in total. The zero-order valence-corrected chi connectivity index (χ0v) is 17.6. The largest absolute Gasteiger partial charge is 0.355 e. The van der Waals surface area contributed by atoms with Crippen LogP contribution in [-0.4, -0.2) is 61.4 Å². The van der Waals surface area contributed by atoms with Crippen molar-refractivity contribution in [3.8, 4) is 0 Å². The number of nitrogens with zero attached hydrogens (tertiary/aromatic N) is 2. The molecule has 0 saturated carbocycles. The minimum Gasteiger partial charge on any atom is -0.355 e. The summed E-state index contributed by atoms with van der Waals surface area (Å²) in [4.78, 5) is 40.7. The van der Waals surface area contributed by atoms with E-state index in [-0.39, 0.29) is 23.8 Å². The van der Waals surface area contributed by atoms with Gasteiger partial charge in [-0.3, -0.25) is 19.3 Å². The van der Waals surface area contributed by atoms with Crippen LogP contribution in [0.5, 0.6) is 0 Å². The van der Waals surface area contributed by atoms with E-state index in [9.17, 15) is 14.4 Å². The molecular formula is C21H29ClN4O3. The number of piperidine rings is 1. The summed E-state index contributed by atoms with van der Waals surface area (Å²) in [5.74, 6) is -0.109. The molecule has 2 fully saturated rings. The fraction of sp³-hybridized carbons (Fsp3) is 0.571. The third kappa shape index (κ3) is 5.70. The highest BCUT2D eigenvalue weighted by atomic mass is 35.5. The molecule has 0 bridgehead atoms. The van der Waals surface area contributed by atoms with Crippen molar-refractivity contribution in [3.63, 3.8) is 0 Å². The highest BCUT2D eigenvalue weighted by molar-refractivity contribution is 6.31. The van der Waals surface area contributed by atoms with Gasteiger partial charge in [-0.25, -0.2) is 0 Å². The second kappa shape index (κ2) is 10.1. The first kappa shape index (κ1) is 21.6. The zero-order valence-electron chi connectivity index (χ0n) is 16.9. The zero-order chi connectivity index (χ0) is 20.8. The molecule has 0 radical (unpaired) electrons. The fourth-order valence-electron chi connectivity index (χ4n) is 3.84. The van der Waals surface area contributed by atoms with Crippen LogP contribution in [0.4, 0.5) is 5.69 Å². The molecule has 3 amide bonds. The smallest absolute Gasteiger partial charge is 0.253 e. The van der Waals surface area contributed by atoms with Gasteiger partial charge in [-0.1, -0.05) is 18.5 Å². The van der Waals surface area contributed by atoms with Gasteiger partial charge in [-0.2, -0.15) is 0 Å². The van der Waals surface area contributed by atoms with Crippen LogP contribution < -0.4 is 15.5 Å². The number of benzene rings is 1. The number of rotatable bonds is 7. The number of carbonyl (C=O) groups is 3. The third-order valence-electron chi connectivity index (χ3n) is 5.43. The first-order chi connectivity index (χ1) is 14.0. The molecule has 2 heterocycles. The molecule has 158 valence electrons. The molecular weight excluding hydrogens is 392 g/mol. The van der Waals surface area contributed by atoms with E-state index in [1.165, 1.54) is 0 Å². The molecule has 0 atom stereocenters. The molecule has 8 heteroatoms. The Kier molecular flexibility index (Phi) is 7.50. The Morgan fingerprint density at radius 1 is 1.21 bits per heavy atom. The van der Waals surface area contributed by atoms with Gasteiger partial charge in [0, 0.05) is 43.7 Å². The van der Waals surface area contributed by atoms with Gasteiger partial charge in [-0.05, 0) is 43.9 Å². The molecule has 29 heavy (non-hydrogen) atoms. The summed E-state index contributed by atoms with van der Waals surface area (Å²) in [5.41, 5.74) is 1.06. The second-order valence-corrected chi connectivity index (χ2v) is 8.12. The lowest BCUT2D eigenvalue weighted by Crippen LogP contribution is -2.47. The van der Waals surface area contributed by atoms with Crippen LogP contribution in [0.15, 0.2) is 18.2 Å². The Morgan fingerprint density at radius 3 is 2.62 bits per heavy atom. The van der Waals surface area contributed by atoms with E-state index in [0.717, 1.165) is 38.8 Å². The normalized spacial score (nSPS) is 18.1. The van der Waals surface area contributed by atoms with Crippen molar-refractivity contribution < 1.29 is 14.4 Å². The van der Waals surface area contributed by atoms with E-state index < -0.39 is 0 Å². The van der Waals surface area contributed by atoms with Gasteiger partial charge in [0.1, 0.15) is 0 Å². The molecule has 2 saturated heterocycles. The van der Waals surface area contributed by atoms with Crippen LogP contribution >= 0.6 is 11.6 Å². The maximum absolute atomic E-state index is 12.9. The van der Waals surface area contributed by atoms with Crippen molar-refractivity contribution in [2.24, 2.45) is 0 Å². The Labute approximate surface area is 176 Å². The first-order valence-electron chi connectivity index (χ1n) is 10.4. The highest BCUT2D eigenvalue weighted by Gasteiger charge is 2.28. The molecule has 0 unspecified atom stereocenters. The second-order valence-electron chi connectivity index (χ2n) is 7.68. The van der Waals surface area contributed by atoms with E-state index in [0.29, 0.717) is 42.3 Å². The van der Waals surface area contributed by atoms with E-state index in [2.05, 4.69) is 15.5 Å². The highest BCUT2D eigenvalue weighted by Crippen LogP contribution is 2.29. The lowest BCUT2D eigenvalue weighted by Gasteiger charge is -2.32. The lowest BCUT2D eigenvalue weighted by atomic mass is 10.0. The van der Waals surface area contributed by atoms with Crippen LogP contribution in [0.1, 0.15) is 49.4 Å². The molecule has 0 spiro atoms. The summed E-state index contributed by atoms with van der Waals surface area (Å²) in [6.07, 6.45) is 3.79. The van der Waals surface area contributed by atoms with Gasteiger partial charge >= 0.3 is 0 Å². The molecule has 2 aliphatic heterocycles. The van der Waals surface area contributed by atoms with Crippen LogP contribution in [0.25, 0.3) is 0 Å². The summed E-state index contributed by atoms with van der Waals surface area (Å²) >= 11 is 6.12. The van der Waals surface area contributed by atoms with Gasteiger partial charge in [-0.15, -0.1) is 0 Å². The number of anilines is 1. The van der Waals surface area contributed by atoms with Crippen LogP contribution in [0.3, 0.4) is 0 Å². The van der Waals surface area contributed by atoms with Crippen LogP contribution in [-0.2, 0) is 9.59 Å².